The van der Waals surface area contributed by atoms with Crippen LogP contribution in [0, 0.1) is 12.8 Å². The van der Waals surface area contributed by atoms with Crippen molar-refractivity contribution in [2.45, 2.75) is 26.7 Å². The minimum absolute atomic E-state index is 0.146. The van der Waals surface area contributed by atoms with E-state index in [1.54, 1.807) is 15.8 Å². The van der Waals surface area contributed by atoms with Crippen molar-refractivity contribution in [1.82, 2.24) is 14.7 Å². The lowest BCUT2D eigenvalue weighted by Gasteiger charge is -2.30. The van der Waals surface area contributed by atoms with E-state index in [0.29, 0.717) is 17.2 Å². The van der Waals surface area contributed by atoms with Gasteiger partial charge in [0, 0.05) is 24.8 Å². The van der Waals surface area contributed by atoms with Crippen LogP contribution in [0.15, 0.2) is 60.8 Å². The second-order valence-electron chi connectivity index (χ2n) is 8.18. The number of nitrogens with zero attached hydrogens (tertiary/aromatic N) is 3. The van der Waals surface area contributed by atoms with E-state index in [1.807, 2.05) is 61.5 Å². The first-order valence-electron chi connectivity index (χ1n) is 10.7. The maximum atomic E-state index is 12.9. The lowest BCUT2D eigenvalue weighted by atomic mass is 9.99. The van der Waals surface area contributed by atoms with Crippen molar-refractivity contribution in [3.63, 3.8) is 0 Å². The largest absolute Gasteiger partial charge is 0.452 e. The summed E-state index contributed by atoms with van der Waals surface area (Å²) >= 11 is 0. The summed E-state index contributed by atoms with van der Waals surface area (Å²) in [6.45, 7) is 5.39. The summed E-state index contributed by atoms with van der Waals surface area (Å²) < 4.78 is 7.09. The van der Waals surface area contributed by atoms with Crippen LogP contribution in [0.5, 0.6) is 0 Å². The minimum Gasteiger partial charge on any atom is -0.452 e. The third kappa shape index (κ3) is 4.85. The van der Waals surface area contributed by atoms with Gasteiger partial charge in [-0.25, -0.2) is 9.48 Å². The SMILES string of the molecule is Cc1ccc(-c2nn(-c3ccccc3)cc2C(=O)OCC(=O)N2CCC(C)CC2)cc1. The van der Waals surface area contributed by atoms with Gasteiger partial charge in [0.25, 0.3) is 5.91 Å². The zero-order chi connectivity index (χ0) is 21.8. The Bertz CT molecular complexity index is 1050. The van der Waals surface area contributed by atoms with E-state index in [1.165, 1.54) is 0 Å². The lowest BCUT2D eigenvalue weighted by Crippen LogP contribution is -2.40. The van der Waals surface area contributed by atoms with Gasteiger partial charge in [0.1, 0.15) is 11.3 Å². The molecule has 1 fully saturated rings. The van der Waals surface area contributed by atoms with Crippen LogP contribution < -0.4 is 0 Å². The molecule has 1 saturated heterocycles. The highest BCUT2D eigenvalue weighted by Crippen LogP contribution is 2.25. The molecule has 6 nitrogen and oxygen atoms in total. The highest BCUT2D eigenvalue weighted by molar-refractivity contribution is 5.97. The van der Waals surface area contributed by atoms with Gasteiger partial charge >= 0.3 is 5.97 Å². The molecule has 4 rings (SSSR count). The fourth-order valence-corrected chi connectivity index (χ4v) is 3.72. The molecule has 0 unspecified atom stereocenters. The van der Waals surface area contributed by atoms with Crippen LogP contribution in [-0.2, 0) is 9.53 Å². The summed E-state index contributed by atoms with van der Waals surface area (Å²) in [6.07, 6.45) is 3.64. The van der Waals surface area contributed by atoms with Gasteiger partial charge in [-0.3, -0.25) is 4.79 Å². The Labute approximate surface area is 182 Å². The van der Waals surface area contributed by atoms with Crippen LogP contribution in [0.1, 0.15) is 35.7 Å². The van der Waals surface area contributed by atoms with Crippen molar-refractivity contribution in [3.8, 4) is 16.9 Å². The van der Waals surface area contributed by atoms with Crippen molar-refractivity contribution < 1.29 is 14.3 Å². The molecule has 1 aliphatic heterocycles. The highest BCUT2D eigenvalue weighted by Gasteiger charge is 2.24. The van der Waals surface area contributed by atoms with E-state index < -0.39 is 5.97 Å². The summed E-state index contributed by atoms with van der Waals surface area (Å²) in [7, 11) is 0. The lowest BCUT2D eigenvalue weighted by molar-refractivity contribution is -0.135. The number of rotatable bonds is 5. The molecule has 3 aromatic rings. The molecular formula is C25H27N3O3. The Morgan fingerprint density at radius 1 is 1.03 bits per heavy atom. The average Bonchev–Trinajstić information content (AvgIpc) is 3.24. The van der Waals surface area contributed by atoms with Crippen LogP contribution >= 0.6 is 0 Å². The number of piperidine rings is 1. The number of carbonyl (C=O) groups is 2. The van der Waals surface area contributed by atoms with Crippen molar-refractivity contribution in [3.05, 3.63) is 71.9 Å². The number of hydrogen-bond donors (Lipinski definition) is 0. The van der Waals surface area contributed by atoms with E-state index in [4.69, 9.17) is 4.74 Å². The quantitative estimate of drug-likeness (QED) is 0.582. The Morgan fingerprint density at radius 2 is 1.71 bits per heavy atom. The number of carbonyl (C=O) groups excluding carboxylic acids is 2. The van der Waals surface area contributed by atoms with Crippen molar-refractivity contribution in [2.75, 3.05) is 19.7 Å². The first-order chi connectivity index (χ1) is 15.0. The van der Waals surface area contributed by atoms with Crippen molar-refractivity contribution in [1.29, 1.82) is 0 Å². The van der Waals surface area contributed by atoms with Gasteiger partial charge in [-0.2, -0.15) is 5.10 Å². The molecule has 1 aliphatic rings. The summed E-state index contributed by atoms with van der Waals surface area (Å²) in [5.74, 6) is -0.0587. The molecule has 1 aromatic heterocycles. The first kappa shape index (κ1) is 20.8. The summed E-state index contributed by atoms with van der Waals surface area (Å²) in [4.78, 5) is 27.2. The van der Waals surface area contributed by atoms with E-state index in [2.05, 4.69) is 12.0 Å². The van der Waals surface area contributed by atoms with Crippen LogP contribution in [-0.4, -0.2) is 46.3 Å². The standard InChI is InChI=1S/C25H27N3O3/c1-18-8-10-20(11-9-18)24-22(16-28(26-24)21-6-4-3-5-7-21)25(30)31-17-23(29)27-14-12-19(2)13-15-27/h3-11,16,19H,12-15,17H2,1-2H3. The number of aromatic nitrogens is 2. The maximum Gasteiger partial charge on any atom is 0.342 e. The van der Waals surface area contributed by atoms with Crippen LogP contribution in [0.4, 0.5) is 0 Å². The second-order valence-corrected chi connectivity index (χ2v) is 8.18. The number of ether oxygens (including phenoxy) is 1. The number of amides is 1. The molecule has 0 aliphatic carbocycles. The normalized spacial score (nSPS) is 14.5. The topological polar surface area (TPSA) is 64.4 Å². The molecule has 2 aromatic carbocycles. The zero-order valence-corrected chi connectivity index (χ0v) is 18.0. The fourth-order valence-electron chi connectivity index (χ4n) is 3.72. The van der Waals surface area contributed by atoms with Gasteiger partial charge < -0.3 is 9.64 Å². The molecule has 160 valence electrons. The molecule has 0 saturated carbocycles. The summed E-state index contributed by atoms with van der Waals surface area (Å²) in [5.41, 5.74) is 3.66. The van der Waals surface area contributed by atoms with E-state index in [0.717, 1.165) is 42.7 Å². The monoisotopic (exact) mass is 417 g/mol. The maximum absolute atomic E-state index is 12.9. The van der Waals surface area contributed by atoms with E-state index in [9.17, 15) is 9.59 Å². The number of hydrogen-bond acceptors (Lipinski definition) is 4. The Kier molecular flexibility index (Phi) is 6.16. The van der Waals surface area contributed by atoms with Gasteiger partial charge in [-0.05, 0) is 37.8 Å². The zero-order valence-electron chi connectivity index (χ0n) is 18.0. The molecule has 0 radical (unpaired) electrons. The number of aryl methyl sites for hydroxylation is 1. The van der Waals surface area contributed by atoms with Crippen molar-refractivity contribution >= 4 is 11.9 Å². The second kappa shape index (κ2) is 9.16. The molecule has 1 amide bonds. The number of esters is 1. The van der Waals surface area contributed by atoms with Crippen LogP contribution in [0.25, 0.3) is 16.9 Å². The molecule has 0 N–H and O–H groups in total. The molecule has 2 heterocycles. The van der Waals surface area contributed by atoms with E-state index in [-0.39, 0.29) is 12.5 Å². The summed E-state index contributed by atoms with van der Waals surface area (Å²) in [6, 6.07) is 17.4. The number of benzene rings is 2. The Morgan fingerprint density at radius 3 is 2.39 bits per heavy atom. The molecule has 0 atom stereocenters. The molecule has 0 spiro atoms. The molecule has 0 bridgehead atoms. The summed E-state index contributed by atoms with van der Waals surface area (Å²) in [5, 5.41) is 4.65. The van der Waals surface area contributed by atoms with Gasteiger partial charge in [0.2, 0.25) is 0 Å². The predicted octanol–water partition coefficient (Wildman–Crippen LogP) is 4.26. The average molecular weight is 418 g/mol. The highest BCUT2D eigenvalue weighted by atomic mass is 16.5. The van der Waals surface area contributed by atoms with Crippen molar-refractivity contribution in [2.24, 2.45) is 5.92 Å². The minimum atomic E-state index is -0.545. The number of likely N-dealkylation sites (tertiary alicyclic amines) is 1. The third-order valence-corrected chi connectivity index (χ3v) is 5.74. The molecule has 6 heteroatoms. The Hall–Kier alpha value is -3.41. The fraction of sp³-hybridized carbons (Fsp3) is 0.320. The Balaban J connectivity index is 1.55. The van der Waals surface area contributed by atoms with Crippen LogP contribution in [0.3, 0.4) is 0 Å². The van der Waals surface area contributed by atoms with Gasteiger partial charge in [-0.15, -0.1) is 0 Å². The smallest absolute Gasteiger partial charge is 0.342 e. The third-order valence-electron chi connectivity index (χ3n) is 5.74. The number of para-hydroxylation sites is 1. The van der Waals surface area contributed by atoms with Gasteiger partial charge in [-0.1, -0.05) is 55.0 Å². The predicted molar refractivity (Wildman–Crippen MR) is 119 cm³/mol. The van der Waals surface area contributed by atoms with Gasteiger partial charge in [0.15, 0.2) is 6.61 Å². The molecular weight excluding hydrogens is 390 g/mol. The first-order valence-corrected chi connectivity index (χ1v) is 10.7. The van der Waals surface area contributed by atoms with E-state index >= 15 is 0 Å². The van der Waals surface area contributed by atoms with Gasteiger partial charge in [0.05, 0.1) is 5.69 Å². The molecule has 31 heavy (non-hydrogen) atoms. The van der Waals surface area contributed by atoms with Crippen LogP contribution in [0.2, 0.25) is 0 Å².